The van der Waals surface area contributed by atoms with Crippen LogP contribution in [0.25, 0.3) is 0 Å². The average molecular weight is 315 g/mol. The van der Waals surface area contributed by atoms with E-state index in [0.29, 0.717) is 24.1 Å². The Kier molecular flexibility index (Phi) is 5.28. The first kappa shape index (κ1) is 16.0. The zero-order valence-corrected chi connectivity index (χ0v) is 13.4. The standard InChI is InChI=1S/C18H25N3O2/c22-17(12-16-6-3-11-19-16)20-15-9-7-13(8-10-15)18(23)21-14-4-1-2-5-14/h7-10,14,16,19H,1-6,11-12H2,(H,20,22)(H,21,23). The highest BCUT2D eigenvalue weighted by molar-refractivity contribution is 5.96. The van der Waals surface area contributed by atoms with Crippen molar-refractivity contribution in [2.45, 2.75) is 57.0 Å². The van der Waals surface area contributed by atoms with E-state index in [-0.39, 0.29) is 11.8 Å². The summed E-state index contributed by atoms with van der Waals surface area (Å²) >= 11 is 0. The van der Waals surface area contributed by atoms with Crippen LogP contribution >= 0.6 is 0 Å². The summed E-state index contributed by atoms with van der Waals surface area (Å²) in [6.45, 7) is 1.00. The largest absolute Gasteiger partial charge is 0.349 e. The molecule has 1 atom stereocenters. The molecule has 2 aliphatic rings. The van der Waals surface area contributed by atoms with Crippen LogP contribution in [0.5, 0.6) is 0 Å². The SMILES string of the molecule is O=C(CC1CCCN1)Nc1ccc(C(=O)NC2CCCC2)cc1. The van der Waals surface area contributed by atoms with E-state index in [1.54, 1.807) is 24.3 Å². The maximum Gasteiger partial charge on any atom is 0.251 e. The predicted octanol–water partition coefficient (Wildman–Crippen LogP) is 2.44. The Hall–Kier alpha value is -1.88. The molecular weight excluding hydrogens is 290 g/mol. The van der Waals surface area contributed by atoms with Gasteiger partial charge in [-0.25, -0.2) is 0 Å². The lowest BCUT2D eigenvalue weighted by Gasteiger charge is -2.13. The van der Waals surface area contributed by atoms with E-state index in [9.17, 15) is 9.59 Å². The van der Waals surface area contributed by atoms with Crippen molar-refractivity contribution in [3.05, 3.63) is 29.8 Å². The molecule has 124 valence electrons. The van der Waals surface area contributed by atoms with E-state index in [1.165, 1.54) is 12.8 Å². The molecule has 0 radical (unpaired) electrons. The van der Waals surface area contributed by atoms with E-state index in [4.69, 9.17) is 0 Å². The molecule has 5 nitrogen and oxygen atoms in total. The summed E-state index contributed by atoms with van der Waals surface area (Å²) in [6.07, 6.45) is 7.27. The van der Waals surface area contributed by atoms with Crippen LogP contribution in [-0.4, -0.2) is 30.4 Å². The molecule has 23 heavy (non-hydrogen) atoms. The van der Waals surface area contributed by atoms with Crippen molar-refractivity contribution >= 4 is 17.5 Å². The molecule has 1 aromatic rings. The fraction of sp³-hybridized carbons (Fsp3) is 0.556. The van der Waals surface area contributed by atoms with Gasteiger partial charge in [0, 0.05) is 29.8 Å². The van der Waals surface area contributed by atoms with E-state index < -0.39 is 0 Å². The number of hydrogen-bond donors (Lipinski definition) is 3. The van der Waals surface area contributed by atoms with Crippen molar-refractivity contribution < 1.29 is 9.59 Å². The summed E-state index contributed by atoms with van der Waals surface area (Å²) in [6, 6.07) is 7.75. The number of anilines is 1. The van der Waals surface area contributed by atoms with Crippen molar-refractivity contribution in [3.63, 3.8) is 0 Å². The van der Waals surface area contributed by atoms with Crippen molar-refractivity contribution in [2.75, 3.05) is 11.9 Å². The lowest BCUT2D eigenvalue weighted by atomic mass is 10.1. The number of hydrogen-bond acceptors (Lipinski definition) is 3. The minimum atomic E-state index is -0.0232. The van der Waals surface area contributed by atoms with Gasteiger partial charge in [-0.2, -0.15) is 0 Å². The number of amides is 2. The smallest absolute Gasteiger partial charge is 0.251 e. The zero-order chi connectivity index (χ0) is 16.1. The summed E-state index contributed by atoms with van der Waals surface area (Å²) in [7, 11) is 0. The molecule has 0 spiro atoms. The van der Waals surface area contributed by atoms with Crippen LogP contribution in [-0.2, 0) is 4.79 Å². The van der Waals surface area contributed by atoms with Crippen molar-refractivity contribution in [3.8, 4) is 0 Å². The predicted molar refractivity (Wildman–Crippen MR) is 90.4 cm³/mol. The van der Waals surface area contributed by atoms with Crippen LogP contribution in [0, 0.1) is 0 Å². The zero-order valence-electron chi connectivity index (χ0n) is 13.4. The van der Waals surface area contributed by atoms with Gasteiger partial charge in [-0.05, 0) is 56.5 Å². The fourth-order valence-corrected chi connectivity index (χ4v) is 3.41. The minimum Gasteiger partial charge on any atom is -0.349 e. The molecule has 1 unspecified atom stereocenters. The third-order valence-corrected chi connectivity index (χ3v) is 4.72. The molecule has 3 rings (SSSR count). The Morgan fingerprint density at radius 2 is 1.78 bits per heavy atom. The van der Waals surface area contributed by atoms with Gasteiger partial charge in [0.25, 0.3) is 5.91 Å². The second kappa shape index (κ2) is 7.59. The fourth-order valence-electron chi connectivity index (χ4n) is 3.41. The number of carbonyl (C=O) groups excluding carboxylic acids is 2. The maximum atomic E-state index is 12.2. The third kappa shape index (κ3) is 4.55. The monoisotopic (exact) mass is 315 g/mol. The molecule has 1 saturated carbocycles. The summed E-state index contributed by atoms with van der Waals surface area (Å²) < 4.78 is 0. The second-order valence-electron chi connectivity index (χ2n) is 6.58. The van der Waals surface area contributed by atoms with Gasteiger partial charge >= 0.3 is 0 Å². The van der Waals surface area contributed by atoms with Crippen molar-refractivity contribution in [1.82, 2.24) is 10.6 Å². The number of nitrogens with one attached hydrogen (secondary N) is 3. The van der Waals surface area contributed by atoms with Gasteiger partial charge in [0.15, 0.2) is 0 Å². The second-order valence-corrected chi connectivity index (χ2v) is 6.58. The average Bonchev–Trinajstić information content (AvgIpc) is 3.21. The highest BCUT2D eigenvalue weighted by Crippen LogP contribution is 2.18. The molecule has 1 aliphatic carbocycles. The highest BCUT2D eigenvalue weighted by Gasteiger charge is 2.19. The first-order valence-corrected chi connectivity index (χ1v) is 8.65. The van der Waals surface area contributed by atoms with Crippen molar-refractivity contribution in [1.29, 1.82) is 0 Å². The summed E-state index contributed by atoms with van der Waals surface area (Å²) in [5, 5.41) is 9.28. The van der Waals surface area contributed by atoms with Gasteiger partial charge in [0.1, 0.15) is 0 Å². The van der Waals surface area contributed by atoms with E-state index in [2.05, 4.69) is 16.0 Å². The first-order valence-electron chi connectivity index (χ1n) is 8.65. The van der Waals surface area contributed by atoms with Crippen LogP contribution in [0.15, 0.2) is 24.3 Å². The number of rotatable bonds is 5. The lowest BCUT2D eigenvalue weighted by Crippen LogP contribution is -2.32. The first-order chi connectivity index (χ1) is 11.2. The summed E-state index contributed by atoms with van der Waals surface area (Å²) in [5.74, 6) is -0.00232. The molecular formula is C18H25N3O2. The molecule has 1 heterocycles. The molecule has 2 fully saturated rings. The molecule has 2 amide bonds. The Balaban J connectivity index is 1.49. The summed E-state index contributed by atoms with van der Waals surface area (Å²) in [4.78, 5) is 24.1. The lowest BCUT2D eigenvalue weighted by molar-refractivity contribution is -0.116. The number of carbonyl (C=O) groups is 2. The van der Waals surface area contributed by atoms with Gasteiger partial charge in [-0.15, -0.1) is 0 Å². The minimum absolute atomic E-state index is 0.0209. The van der Waals surface area contributed by atoms with Gasteiger partial charge in [-0.1, -0.05) is 12.8 Å². The van der Waals surface area contributed by atoms with Crippen LogP contribution in [0.3, 0.4) is 0 Å². The Labute approximate surface area is 137 Å². The van der Waals surface area contributed by atoms with E-state index >= 15 is 0 Å². The highest BCUT2D eigenvalue weighted by atomic mass is 16.2. The van der Waals surface area contributed by atoms with Gasteiger partial charge in [0.2, 0.25) is 5.91 Å². The van der Waals surface area contributed by atoms with Crippen molar-refractivity contribution in [2.24, 2.45) is 0 Å². The Morgan fingerprint density at radius 1 is 1.04 bits per heavy atom. The topological polar surface area (TPSA) is 70.2 Å². The Morgan fingerprint density at radius 3 is 2.43 bits per heavy atom. The molecule has 1 aromatic carbocycles. The molecule has 0 bridgehead atoms. The van der Waals surface area contributed by atoms with Gasteiger partial charge in [-0.3, -0.25) is 9.59 Å². The van der Waals surface area contributed by atoms with E-state index in [0.717, 1.165) is 37.9 Å². The quantitative estimate of drug-likeness (QED) is 0.781. The van der Waals surface area contributed by atoms with Crippen LogP contribution in [0.2, 0.25) is 0 Å². The molecule has 1 aliphatic heterocycles. The third-order valence-electron chi connectivity index (χ3n) is 4.72. The van der Waals surface area contributed by atoms with Gasteiger partial charge < -0.3 is 16.0 Å². The molecule has 0 aromatic heterocycles. The molecule has 5 heteroatoms. The van der Waals surface area contributed by atoms with E-state index in [1.807, 2.05) is 0 Å². The Bertz CT molecular complexity index is 544. The van der Waals surface area contributed by atoms with Crippen LogP contribution < -0.4 is 16.0 Å². The van der Waals surface area contributed by atoms with Crippen LogP contribution in [0.1, 0.15) is 55.3 Å². The maximum absolute atomic E-state index is 12.2. The molecule has 1 saturated heterocycles. The normalized spacial score (nSPS) is 21.3. The van der Waals surface area contributed by atoms with Gasteiger partial charge in [0.05, 0.1) is 0 Å². The molecule has 3 N–H and O–H groups in total. The number of benzene rings is 1. The van der Waals surface area contributed by atoms with Crippen LogP contribution in [0.4, 0.5) is 5.69 Å². The summed E-state index contributed by atoms with van der Waals surface area (Å²) in [5.41, 5.74) is 1.39.